The van der Waals surface area contributed by atoms with Crippen LogP contribution in [0.5, 0.6) is 0 Å². The van der Waals surface area contributed by atoms with E-state index in [0.717, 1.165) is 33.5 Å². The van der Waals surface area contributed by atoms with Crippen LogP contribution in [0, 0.1) is 46.8 Å². The van der Waals surface area contributed by atoms with Crippen molar-refractivity contribution in [2.75, 3.05) is 0 Å². The summed E-state index contributed by atoms with van der Waals surface area (Å²) in [5, 5.41) is 16.0. The molecule has 1 aliphatic heterocycles. The van der Waals surface area contributed by atoms with E-state index in [-0.39, 0.29) is 35.5 Å². The Hall–Kier alpha value is -3.98. The number of para-hydroxylation sites is 1. The molecule has 5 aliphatic rings. The first kappa shape index (κ1) is 19.5. The van der Waals surface area contributed by atoms with Gasteiger partial charge in [-0.15, -0.1) is 0 Å². The Bertz CT molecular complexity index is 1440. The summed E-state index contributed by atoms with van der Waals surface area (Å²) in [7, 11) is 0. The van der Waals surface area contributed by atoms with E-state index in [4.69, 9.17) is 0 Å². The van der Waals surface area contributed by atoms with Crippen molar-refractivity contribution < 1.29 is 9.59 Å². The molecule has 2 saturated carbocycles. The number of fused-ring (bicyclic) bond motifs is 1. The molecule has 34 heavy (non-hydrogen) atoms. The van der Waals surface area contributed by atoms with Crippen molar-refractivity contribution in [3.8, 4) is 6.07 Å². The van der Waals surface area contributed by atoms with Crippen LogP contribution in [-0.2, 0) is 16.1 Å². The molecule has 2 aromatic carbocycles. The lowest BCUT2D eigenvalue weighted by Gasteiger charge is -2.37. The molecular formula is C28H22N4O2. The molecule has 2 bridgehead atoms. The highest BCUT2D eigenvalue weighted by molar-refractivity contribution is 6.07. The number of rotatable bonds is 4. The summed E-state index contributed by atoms with van der Waals surface area (Å²) in [6, 6.07) is 17.8. The van der Waals surface area contributed by atoms with E-state index in [1.54, 1.807) is 6.21 Å². The lowest BCUT2D eigenvalue weighted by atomic mass is 9.63. The fraction of sp³-hybridized carbons (Fsp3) is 0.286. The number of nitriles is 1. The van der Waals surface area contributed by atoms with E-state index in [1.807, 2.05) is 54.7 Å². The third-order valence-electron chi connectivity index (χ3n) is 8.25. The van der Waals surface area contributed by atoms with Crippen molar-refractivity contribution in [2.24, 2.45) is 40.6 Å². The van der Waals surface area contributed by atoms with E-state index >= 15 is 0 Å². The molecule has 4 aliphatic carbocycles. The summed E-state index contributed by atoms with van der Waals surface area (Å²) >= 11 is 0. The molecule has 2 amide bonds. The molecule has 0 N–H and O–H groups in total. The Labute approximate surface area is 196 Å². The van der Waals surface area contributed by atoms with Crippen LogP contribution in [0.25, 0.3) is 10.9 Å². The first-order valence-corrected chi connectivity index (χ1v) is 11.8. The highest BCUT2D eigenvalue weighted by atomic mass is 16.2. The van der Waals surface area contributed by atoms with E-state index in [1.165, 1.54) is 0 Å². The maximum absolute atomic E-state index is 13.2. The van der Waals surface area contributed by atoms with E-state index < -0.39 is 0 Å². The Kier molecular flexibility index (Phi) is 4.02. The molecule has 0 radical (unpaired) electrons. The molecule has 8 rings (SSSR count). The van der Waals surface area contributed by atoms with Gasteiger partial charge in [0.15, 0.2) is 0 Å². The number of hydrazone groups is 1. The van der Waals surface area contributed by atoms with Crippen molar-refractivity contribution >= 4 is 28.9 Å². The molecule has 6 atom stereocenters. The summed E-state index contributed by atoms with van der Waals surface area (Å²) in [6.45, 7) is 0.543. The summed E-state index contributed by atoms with van der Waals surface area (Å²) in [6.07, 6.45) is 9.10. The first-order valence-electron chi connectivity index (χ1n) is 11.8. The third kappa shape index (κ3) is 2.64. The molecule has 3 aromatic rings. The van der Waals surface area contributed by atoms with Gasteiger partial charge in [-0.25, -0.2) is 0 Å². The minimum atomic E-state index is -0.243. The number of amides is 2. The number of hydrogen-bond acceptors (Lipinski definition) is 4. The molecule has 6 nitrogen and oxygen atoms in total. The van der Waals surface area contributed by atoms with Crippen LogP contribution in [0.3, 0.4) is 0 Å². The van der Waals surface area contributed by atoms with Gasteiger partial charge in [0, 0.05) is 29.2 Å². The van der Waals surface area contributed by atoms with Crippen LogP contribution < -0.4 is 0 Å². The van der Waals surface area contributed by atoms with Gasteiger partial charge in [0.05, 0.1) is 29.7 Å². The van der Waals surface area contributed by atoms with Crippen molar-refractivity contribution in [2.45, 2.75) is 13.0 Å². The van der Waals surface area contributed by atoms with Crippen molar-refractivity contribution in [1.29, 1.82) is 5.26 Å². The first-order chi connectivity index (χ1) is 16.7. The standard InChI is InChI=1S/C28H22N4O2/c29-12-16-5-1-2-6-17(16)14-31-15-18(19-7-3-4-8-24(19)31)13-30-32-27(33)25-20-9-10-21(23-11-22(20)23)26(25)28(32)34/h1-10,13,15,20-23,25-26H,11,14H2/b30-13-/t20-,21-,22-,23+,25-,26-/m1/s1. The zero-order chi connectivity index (χ0) is 23.0. The quantitative estimate of drug-likeness (QED) is 0.346. The predicted octanol–water partition coefficient (Wildman–Crippen LogP) is 3.95. The van der Waals surface area contributed by atoms with E-state index in [9.17, 15) is 14.9 Å². The number of allylic oxidation sites excluding steroid dienone is 2. The molecule has 0 spiro atoms. The smallest absolute Gasteiger partial charge is 0.254 e. The highest BCUT2D eigenvalue weighted by Gasteiger charge is 2.67. The van der Waals surface area contributed by atoms with Gasteiger partial charge in [-0.05, 0) is 47.8 Å². The number of carbonyl (C=O) groups is 2. The van der Waals surface area contributed by atoms with Gasteiger partial charge in [0.1, 0.15) is 0 Å². The number of benzene rings is 2. The maximum Gasteiger partial charge on any atom is 0.254 e. The Balaban J connectivity index is 1.22. The number of carbonyl (C=O) groups excluding carboxylic acids is 2. The Morgan fingerprint density at radius 2 is 1.65 bits per heavy atom. The van der Waals surface area contributed by atoms with Crippen LogP contribution in [-0.4, -0.2) is 27.6 Å². The van der Waals surface area contributed by atoms with Gasteiger partial charge in [0.2, 0.25) is 0 Å². The third-order valence-corrected chi connectivity index (χ3v) is 8.25. The van der Waals surface area contributed by atoms with Crippen LogP contribution in [0.1, 0.15) is 23.1 Å². The molecule has 2 heterocycles. The molecule has 1 saturated heterocycles. The van der Waals surface area contributed by atoms with Crippen LogP contribution >= 0.6 is 0 Å². The zero-order valence-electron chi connectivity index (χ0n) is 18.4. The SMILES string of the molecule is N#Cc1ccccc1Cn1cc(/C=N\N2C(=O)[C@@H]3[C@@H]4C=C[C@H]([C@@H]5C[C@H]45)[C@H]3C2=O)c2ccccc21. The van der Waals surface area contributed by atoms with Crippen LogP contribution in [0.15, 0.2) is 72.0 Å². The molecular weight excluding hydrogens is 424 g/mol. The minimum absolute atomic E-state index is 0.150. The average Bonchev–Trinajstić information content (AvgIpc) is 3.58. The molecule has 6 heteroatoms. The van der Waals surface area contributed by atoms with Crippen molar-refractivity contribution in [1.82, 2.24) is 9.58 Å². The summed E-state index contributed by atoms with van der Waals surface area (Å²) in [5.41, 5.74) is 3.42. The van der Waals surface area contributed by atoms with E-state index in [2.05, 4.69) is 27.9 Å². The van der Waals surface area contributed by atoms with Gasteiger partial charge in [0.25, 0.3) is 11.8 Å². The van der Waals surface area contributed by atoms with Crippen molar-refractivity contribution in [3.63, 3.8) is 0 Å². The van der Waals surface area contributed by atoms with Gasteiger partial charge < -0.3 is 4.57 Å². The average molecular weight is 447 g/mol. The normalized spacial score (nSPS) is 30.7. The maximum atomic E-state index is 13.2. The largest absolute Gasteiger partial charge is 0.342 e. The number of hydrogen-bond donors (Lipinski definition) is 0. The van der Waals surface area contributed by atoms with Crippen LogP contribution in [0.2, 0.25) is 0 Å². The van der Waals surface area contributed by atoms with Gasteiger partial charge >= 0.3 is 0 Å². The number of aromatic nitrogens is 1. The Morgan fingerprint density at radius 3 is 2.38 bits per heavy atom. The summed E-state index contributed by atoms with van der Waals surface area (Å²) in [4.78, 5) is 26.5. The van der Waals surface area contributed by atoms with Crippen molar-refractivity contribution in [3.05, 3.63) is 83.6 Å². The predicted molar refractivity (Wildman–Crippen MR) is 126 cm³/mol. The topological polar surface area (TPSA) is 78.5 Å². The zero-order valence-corrected chi connectivity index (χ0v) is 18.4. The summed E-state index contributed by atoms with van der Waals surface area (Å²) in [5.74, 6) is 0.750. The second-order valence-electron chi connectivity index (χ2n) is 9.89. The lowest BCUT2D eigenvalue weighted by molar-refractivity contribution is -0.140. The second-order valence-corrected chi connectivity index (χ2v) is 9.89. The highest BCUT2D eigenvalue weighted by Crippen LogP contribution is 2.65. The fourth-order valence-corrected chi connectivity index (χ4v) is 6.63. The molecule has 3 fully saturated rings. The number of nitrogens with zero attached hydrogens (tertiary/aromatic N) is 4. The summed E-state index contributed by atoms with van der Waals surface area (Å²) < 4.78 is 2.08. The van der Waals surface area contributed by atoms with Crippen LogP contribution in [0.4, 0.5) is 0 Å². The second kappa shape index (κ2) is 7.01. The lowest BCUT2D eigenvalue weighted by Crippen LogP contribution is -2.40. The van der Waals surface area contributed by atoms with E-state index in [0.29, 0.717) is 23.9 Å². The Morgan fingerprint density at radius 1 is 0.971 bits per heavy atom. The van der Waals surface area contributed by atoms with Gasteiger partial charge in [-0.3, -0.25) is 9.59 Å². The molecule has 166 valence electrons. The molecule has 1 aromatic heterocycles. The number of imide groups is 1. The molecule has 0 unspecified atom stereocenters. The fourth-order valence-electron chi connectivity index (χ4n) is 6.63. The minimum Gasteiger partial charge on any atom is -0.342 e. The van der Waals surface area contributed by atoms with Gasteiger partial charge in [-0.2, -0.15) is 15.4 Å². The van der Waals surface area contributed by atoms with Gasteiger partial charge in [-0.1, -0.05) is 48.6 Å². The monoisotopic (exact) mass is 446 g/mol.